The summed E-state index contributed by atoms with van der Waals surface area (Å²) >= 11 is 0. The maximum Gasteiger partial charge on any atom is 0.246 e. The Balaban J connectivity index is 1.60. The van der Waals surface area contributed by atoms with Crippen molar-refractivity contribution in [1.82, 2.24) is 4.31 Å². The number of anilines is 2. The number of amides is 1. The summed E-state index contributed by atoms with van der Waals surface area (Å²) in [5.41, 5.74) is 1.54. The van der Waals surface area contributed by atoms with Crippen LogP contribution in [0.2, 0.25) is 0 Å². The Morgan fingerprint density at radius 3 is 2.18 bits per heavy atom. The highest BCUT2D eigenvalue weighted by molar-refractivity contribution is 7.89. The minimum absolute atomic E-state index is 0.0764. The standard InChI is InChI=1S/C21H27N3O3S/c1-23(19-9-5-4-6-10-19)21(25)17-22-18-11-13-20(14-12-18)28(26,27)24-15-7-2-3-8-16-24/h4-6,9-14,22H,2-3,7-8,15-17H2,1H3. The molecule has 0 spiro atoms. The lowest BCUT2D eigenvalue weighted by Crippen LogP contribution is -2.32. The van der Waals surface area contributed by atoms with E-state index >= 15 is 0 Å². The van der Waals surface area contributed by atoms with E-state index in [4.69, 9.17) is 0 Å². The summed E-state index contributed by atoms with van der Waals surface area (Å²) in [6.45, 7) is 1.30. The zero-order valence-electron chi connectivity index (χ0n) is 16.2. The molecule has 1 amide bonds. The fourth-order valence-corrected chi connectivity index (χ4v) is 4.78. The number of sulfonamides is 1. The van der Waals surface area contributed by atoms with Crippen molar-refractivity contribution in [3.8, 4) is 0 Å². The lowest BCUT2D eigenvalue weighted by molar-refractivity contribution is -0.116. The van der Waals surface area contributed by atoms with Gasteiger partial charge in [0.1, 0.15) is 0 Å². The minimum Gasteiger partial charge on any atom is -0.376 e. The molecule has 1 heterocycles. The van der Waals surface area contributed by atoms with Crippen molar-refractivity contribution in [2.75, 3.05) is 36.9 Å². The Bertz CT molecular complexity index is 875. The second-order valence-corrected chi connectivity index (χ2v) is 8.92. The second-order valence-electron chi connectivity index (χ2n) is 6.98. The molecule has 3 rings (SSSR count). The van der Waals surface area contributed by atoms with E-state index in [0.29, 0.717) is 23.7 Å². The fourth-order valence-electron chi connectivity index (χ4n) is 3.27. The topological polar surface area (TPSA) is 69.7 Å². The first-order chi connectivity index (χ1) is 13.5. The molecule has 0 bridgehead atoms. The van der Waals surface area contributed by atoms with Gasteiger partial charge in [0, 0.05) is 31.5 Å². The van der Waals surface area contributed by atoms with Crippen LogP contribution in [-0.4, -0.2) is 45.3 Å². The number of hydrogen-bond acceptors (Lipinski definition) is 4. The van der Waals surface area contributed by atoms with Gasteiger partial charge in [0.25, 0.3) is 0 Å². The number of benzene rings is 2. The molecule has 1 fully saturated rings. The summed E-state index contributed by atoms with van der Waals surface area (Å²) in [7, 11) is -1.72. The average Bonchev–Trinajstić information content (AvgIpc) is 3.02. The Morgan fingerprint density at radius 1 is 0.964 bits per heavy atom. The van der Waals surface area contributed by atoms with Crippen molar-refractivity contribution < 1.29 is 13.2 Å². The zero-order valence-corrected chi connectivity index (χ0v) is 17.0. The lowest BCUT2D eigenvalue weighted by Gasteiger charge is -2.20. The smallest absolute Gasteiger partial charge is 0.246 e. The lowest BCUT2D eigenvalue weighted by atomic mass is 10.2. The maximum atomic E-state index is 12.8. The highest BCUT2D eigenvalue weighted by Gasteiger charge is 2.24. The molecule has 0 saturated carbocycles. The molecule has 2 aromatic carbocycles. The number of rotatable bonds is 6. The number of para-hydroxylation sites is 1. The fraction of sp³-hybridized carbons (Fsp3) is 0.381. The van der Waals surface area contributed by atoms with Gasteiger partial charge in [0.15, 0.2) is 0 Å². The van der Waals surface area contributed by atoms with Crippen LogP contribution in [0.1, 0.15) is 25.7 Å². The second kappa shape index (κ2) is 9.21. The summed E-state index contributed by atoms with van der Waals surface area (Å²) < 4.78 is 27.2. The molecule has 150 valence electrons. The van der Waals surface area contributed by atoms with Crippen molar-refractivity contribution in [1.29, 1.82) is 0 Å². The summed E-state index contributed by atoms with van der Waals surface area (Å²) in [6.07, 6.45) is 3.99. The van der Waals surface area contributed by atoms with Crippen LogP contribution in [0.15, 0.2) is 59.5 Å². The maximum absolute atomic E-state index is 12.8. The van der Waals surface area contributed by atoms with Gasteiger partial charge >= 0.3 is 0 Å². The van der Waals surface area contributed by atoms with Gasteiger partial charge in [-0.1, -0.05) is 31.0 Å². The van der Waals surface area contributed by atoms with E-state index in [2.05, 4.69) is 5.32 Å². The Hall–Kier alpha value is -2.38. The molecular formula is C21H27N3O3S. The predicted molar refractivity (Wildman–Crippen MR) is 112 cm³/mol. The Kier molecular flexibility index (Phi) is 6.70. The zero-order chi connectivity index (χ0) is 20.0. The Morgan fingerprint density at radius 2 is 1.57 bits per heavy atom. The monoisotopic (exact) mass is 401 g/mol. The van der Waals surface area contributed by atoms with Crippen molar-refractivity contribution in [3.05, 3.63) is 54.6 Å². The van der Waals surface area contributed by atoms with Crippen LogP contribution in [-0.2, 0) is 14.8 Å². The van der Waals surface area contributed by atoms with Crippen LogP contribution in [0.5, 0.6) is 0 Å². The molecule has 1 N–H and O–H groups in total. The predicted octanol–water partition coefficient (Wildman–Crippen LogP) is 3.33. The van der Waals surface area contributed by atoms with Crippen molar-refractivity contribution in [2.45, 2.75) is 30.6 Å². The quantitative estimate of drug-likeness (QED) is 0.806. The van der Waals surface area contributed by atoms with Gasteiger partial charge in [-0.3, -0.25) is 4.79 Å². The van der Waals surface area contributed by atoms with E-state index < -0.39 is 10.0 Å². The normalized spacial score (nSPS) is 15.6. The summed E-state index contributed by atoms with van der Waals surface area (Å²) in [6, 6.07) is 16.1. The molecule has 0 radical (unpaired) electrons. The number of nitrogens with zero attached hydrogens (tertiary/aromatic N) is 2. The first-order valence-electron chi connectivity index (χ1n) is 9.64. The molecule has 2 aromatic rings. The van der Waals surface area contributed by atoms with Gasteiger partial charge in [-0.05, 0) is 49.2 Å². The van der Waals surface area contributed by atoms with Crippen molar-refractivity contribution >= 4 is 27.3 Å². The minimum atomic E-state index is -3.45. The molecule has 0 aromatic heterocycles. The Labute approximate surface area is 167 Å². The number of likely N-dealkylation sites (N-methyl/N-ethyl adjacent to an activating group) is 1. The molecule has 1 aliphatic heterocycles. The van der Waals surface area contributed by atoms with E-state index in [1.54, 1.807) is 40.5 Å². The van der Waals surface area contributed by atoms with Crippen LogP contribution in [0, 0.1) is 0 Å². The molecule has 0 unspecified atom stereocenters. The SMILES string of the molecule is CN(C(=O)CNc1ccc(S(=O)(=O)N2CCCCCC2)cc1)c1ccccc1. The number of carbonyl (C=O) groups excluding carboxylic acids is 1. The first kappa shape index (κ1) is 20.4. The molecule has 0 aliphatic carbocycles. The number of carbonyl (C=O) groups is 1. The van der Waals surface area contributed by atoms with Gasteiger partial charge < -0.3 is 10.2 Å². The van der Waals surface area contributed by atoms with E-state index in [1.807, 2.05) is 30.3 Å². The van der Waals surface area contributed by atoms with Gasteiger partial charge in [0.2, 0.25) is 15.9 Å². The number of hydrogen-bond donors (Lipinski definition) is 1. The van der Waals surface area contributed by atoms with Crippen LogP contribution in [0.25, 0.3) is 0 Å². The third-order valence-corrected chi connectivity index (χ3v) is 6.93. The summed E-state index contributed by atoms with van der Waals surface area (Å²) in [5.74, 6) is -0.0764. The van der Waals surface area contributed by atoms with E-state index in [9.17, 15) is 13.2 Å². The third-order valence-electron chi connectivity index (χ3n) is 5.02. The van der Waals surface area contributed by atoms with Crippen LogP contribution in [0.3, 0.4) is 0 Å². The van der Waals surface area contributed by atoms with Gasteiger partial charge in [0.05, 0.1) is 11.4 Å². The third kappa shape index (κ3) is 4.91. The van der Waals surface area contributed by atoms with E-state index in [0.717, 1.165) is 31.4 Å². The molecule has 7 heteroatoms. The average molecular weight is 402 g/mol. The molecule has 0 atom stereocenters. The van der Waals surface area contributed by atoms with Crippen LogP contribution < -0.4 is 10.2 Å². The van der Waals surface area contributed by atoms with Gasteiger partial charge in [-0.2, -0.15) is 4.31 Å². The summed E-state index contributed by atoms with van der Waals surface area (Å²) in [5, 5.41) is 3.06. The largest absolute Gasteiger partial charge is 0.376 e. The molecule has 1 saturated heterocycles. The molecule has 28 heavy (non-hydrogen) atoms. The van der Waals surface area contributed by atoms with Crippen LogP contribution in [0.4, 0.5) is 11.4 Å². The molecular weight excluding hydrogens is 374 g/mol. The van der Waals surface area contributed by atoms with E-state index in [-0.39, 0.29) is 12.5 Å². The summed E-state index contributed by atoms with van der Waals surface area (Å²) in [4.78, 5) is 14.2. The highest BCUT2D eigenvalue weighted by atomic mass is 32.2. The van der Waals surface area contributed by atoms with Crippen molar-refractivity contribution in [2.24, 2.45) is 0 Å². The highest BCUT2D eigenvalue weighted by Crippen LogP contribution is 2.22. The molecule has 1 aliphatic rings. The van der Waals surface area contributed by atoms with E-state index in [1.165, 1.54) is 0 Å². The van der Waals surface area contributed by atoms with Crippen molar-refractivity contribution in [3.63, 3.8) is 0 Å². The van der Waals surface area contributed by atoms with Gasteiger partial charge in [-0.15, -0.1) is 0 Å². The number of nitrogens with one attached hydrogen (secondary N) is 1. The molecule has 6 nitrogen and oxygen atoms in total. The van der Waals surface area contributed by atoms with Crippen LogP contribution >= 0.6 is 0 Å². The first-order valence-corrected chi connectivity index (χ1v) is 11.1. The van der Waals surface area contributed by atoms with Gasteiger partial charge in [-0.25, -0.2) is 8.42 Å².